The van der Waals surface area contributed by atoms with Crippen molar-refractivity contribution >= 4 is 46.8 Å². The Balaban J connectivity index is 0.000000229. The Bertz CT molecular complexity index is 3320. The molecule has 6 atom stereocenters. The average Bonchev–Trinajstić information content (AvgIpc) is 1.60. The van der Waals surface area contributed by atoms with Crippen LogP contribution in [0.4, 0.5) is 46.5 Å². The van der Waals surface area contributed by atoms with Gasteiger partial charge < -0.3 is 36.8 Å². The van der Waals surface area contributed by atoms with Crippen molar-refractivity contribution in [3.63, 3.8) is 0 Å². The van der Waals surface area contributed by atoms with Crippen LogP contribution in [0.15, 0.2) is 85.3 Å². The van der Waals surface area contributed by atoms with Gasteiger partial charge in [0.1, 0.15) is 47.2 Å². The summed E-state index contributed by atoms with van der Waals surface area (Å²) >= 11 is 0. The van der Waals surface area contributed by atoms with Gasteiger partial charge in [-0.05, 0) is 188 Å². The average molecular weight is 1280 g/mol. The molecule has 10 rings (SSSR count). The molecule has 0 radical (unpaired) electrons. The van der Waals surface area contributed by atoms with Gasteiger partial charge in [0, 0.05) is 62.4 Å². The molecule has 1 saturated heterocycles. The number of halogens is 8. The number of benzene rings is 2. The predicted molar refractivity (Wildman–Crippen MR) is 324 cm³/mol. The van der Waals surface area contributed by atoms with E-state index in [0.29, 0.717) is 23.2 Å². The smallest absolute Gasteiger partial charge is 0.344 e. The van der Waals surface area contributed by atoms with Gasteiger partial charge in [0.15, 0.2) is 0 Å². The maximum Gasteiger partial charge on any atom is 0.410 e. The fourth-order valence-electron chi connectivity index (χ4n) is 12.0. The lowest BCUT2D eigenvalue weighted by molar-refractivity contribution is -0.193. The number of alkyl halides is 6. The molecule has 26 heteroatoms. The Morgan fingerprint density at radius 2 is 1.03 bits per heavy atom. The van der Waals surface area contributed by atoms with E-state index in [2.05, 4.69) is 41.8 Å². The molecule has 1 aliphatic heterocycles. The van der Waals surface area contributed by atoms with E-state index in [1.54, 1.807) is 33.6 Å². The topological polar surface area (TPSA) is 226 Å². The van der Waals surface area contributed by atoms with E-state index in [0.717, 1.165) is 68.4 Å². The van der Waals surface area contributed by atoms with Gasteiger partial charge in [0.25, 0.3) is 11.8 Å². The van der Waals surface area contributed by atoms with Gasteiger partial charge in [-0.3, -0.25) is 43.1 Å². The van der Waals surface area contributed by atoms with Crippen molar-refractivity contribution < 1.29 is 63.9 Å². The molecule has 4 heterocycles. The molecule has 5 aliphatic rings. The summed E-state index contributed by atoms with van der Waals surface area (Å²) < 4.78 is 116. The fourth-order valence-corrected chi connectivity index (χ4v) is 12.0. The van der Waals surface area contributed by atoms with Crippen molar-refractivity contribution in [2.75, 3.05) is 30.3 Å². The van der Waals surface area contributed by atoms with E-state index in [4.69, 9.17) is 0 Å². The molecule has 5 fully saturated rings. The third-order valence-corrected chi connectivity index (χ3v) is 17.4. The molecule has 0 spiro atoms. The van der Waals surface area contributed by atoms with Gasteiger partial charge >= 0.3 is 12.4 Å². The Kier molecular flexibility index (Phi) is 22.5. The first-order valence-corrected chi connectivity index (χ1v) is 31.4. The Morgan fingerprint density at radius 3 is 1.42 bits per heavy atom. The first-order valence-electron chi connectivity index (χ1n) is 31.4. The van der Waals surface area contributed by atoms with Crippen LogP contribution in [0.3, 0.4) is 0 Å². The van der Waals surface area contributed by atoms with Crippen molar-refractivity contribution in [2.45, 2.75) is 174 Å². The third kappa shape index (κ3) is 17.6. The molecule has 5 aromatic rings. The zero-order chi connectivity index (χ0) is 66.2. The maximum atomic E-state index is 15.4. The Labute approximate surface area is 524 Å². The van der Waals surface area contributed by atoms with E-state index >= 15 is 8.78 Å². The number of nitrogens with zero attached hydrogens (tertiary/aromatic N) is 6. The zero-order valence-corrected chi connectivity index (χ0v) is 52.3. The molecule has 4 aliphatic carbocycles. The molecule has 3 aromatic heterocycles. The Hall–Kier alpha value is -7.77. The van der Waals surface area contributed by atoms with Crippen LogP contribution in [0.1, 0.15) is 168 Å². The monoisotopic (exact) mass is 1280 g/mol. The molecular formula is C65H82F8N12O6. The number of hydrogen-bond acceptors (Lipinski definition) is 10. The van der Waals surface area contributed by atoms with E-state index < -0.39 is 108 Å². The lowest BCUT2D eigenvalue weighted by atomic mass is 9.88. The highest BCUT2D eigenvalue weighted by Crippen LogP contribution is 2.52. The van der Waals surface area contributed by atoms with Crippen LogP contribution in [0, 0.1) is 47.1 Å². The minimum atomic E-state index is -4.73. The maximum absolute atomic E-state index is 15.4. The number of anilines is 2. The summed E-state index contributed by atoms with van der Waals surface area (Å²) in [6, 6.07) is 9.13. The van der Waals surface area contributed by atoms with Crippen molar-refractivity contribution in [2.24, 2.45) is 35.5 Å². The van der Waals surface area contributed by atoms with Crippen molar-refractivity contribution in [1.82, 2.24) is 50.7 Å². The standard InChI is InChI=1S/C33H38F4N6O3.C30H38F4N6O3.C2H6/c1-18(2)43-26(13-15-39-43)31(45)42-29(28(20-7-8-20)21-9-10-21)32(46)40-25-12-11-22(16-24(25)34)19(3)30(44)41-27(33(35,36)37)17-23-6-4-5-14-38-23;1-16(2)40-23(10-11-36-40)27(41)38-26(25(18-4-5-18)19-6-7-19)28(42)37-22-9-8-20(14-21(22)31)17(3)29(43)39-13-12-35-15-24(39)30(32,33)34;1-2/h4-6,11-16,18-21,27-29H,7-10,17H2,1-3H3,(H,40,46)(H,41,44)(H,42,45);8-11,14,16-19,24-26,35H,4-7,12-13,15H2,1-3H3,(H,37,42)(H,38,41);1-2H3. The van der Waals surface area contributed by atoms with Crippen LogP contribution in [0.2, 0.25) is 0 Å². The van der Waals surface area contributed by atoms with Crippen LogP contribution in [0.5, 0.6) is 0 Å². The lowest BCUT2D eigenvalue weighted by Gasteiger charge is -2.38. The number of rotatable bonds is 23. The highest BCUT2D eigenvalue weighted by Gasteiger charge is 2.51. The molecule has 6 N–H and O–H groups in total. The summed E-state index contributed by atoms with van der Waals surface area (Å²) in [7, 11) is 0. The molecule has 0 bridgehead atoms. The largest absolute Gasteiger partial charge is 0.410 e. The minimum Gasteiger partial charge on any atom is -0.344 e. The number of hydrogen-bond donors (Lipinski definition) is 6. The first-order chi connectivity index (χ1) is 43.2. The second kappa shape index (κ2) is 29.7. The summed E-state index contributed by atoms with van der Waals surface area (Å²) in [6.45, 7) is 14.1. The summed E-state index contributed by atoms with van der Waals surface area (Å²) in [4.78, 5) is 84.7. The number of nitrogens with one attached hydrogen (secondary N) is 6. The van der Waals surface area contributed by atoms with E-state index in [1.807, 2.05) is 46.9 Å². The number of amides is 6. The lowest BCUT2D eigenvalue weighted by Crippen LogP contribution is -2.60. The SMILES string of the molecule is CC.CC(C(=O)N1CCNCC1C(F)(F)F)c1ccc(NC(=O)C(NC(=O)c2ccnn2C(C)C)C(C2CC2)C2CC2)c(F)c1.CC(C(=O)NC(Cc1ccccn1)C(F)(F)F)c1ccc(NC(=O)C(NC(=O)c2ccnn2C(C)C)C(C2CC2)C2CC2)c(F)c1. The molecule has 91 heavy (non-hydrogen) atoms. The van der Waals surface area contributed by atoms with E-state index in [1.165, 1.54) is 62.8 Å². The molecular weight excluding hydrogens is 1200 g/mol. The third-order valence-electron chi connectivity index (χ3n) is 17.4. The minimum absolute atomic E-state index is 0.0708. The highest BCUT2D eigenvalue weighted by atomic mass is 19.4. The van der Waals surface area contributed by atoms with Gasteiger partial charge in [-0.1, -0.05) is 32.0 Å². The van der Waals surface area contributed by atoms with E-state index in [9.17, 15) is 55.1 Å². The fraction of sp³-hybridized carbons (Fsp3) is 0.554. The van der Waals surface area contributed by atoms with E-state index in [-0.39, 0.29) is 77.0 Å². The van der Waals surface area contributed by atoms with Gasteiger partial charge in [0.05, 0.1) is 23.2 Å². The van der Waals surface area contributed by atoms with Crippen LogP contribution in [0.25, 0.3) is 0 Å². The summed E-state index contributed by atoms with van der Waals surface area (Å²) in [5.74, 6) is -6.55. The number of aromatic nitrogens is 5. The quantitative estimate of drug-likeness (QED) is 0.0339. The molecule has 494 valence electrons. The summed E-state index contributed by atoms with van der Waals surface area (Å²) in [6.07, 6.45) is 2.17. The predicted octanol–water partition coefficient (Wildman–Crippen LogP) is 10.8. The number of piperazine rings is 1. The highest BCUT2D eigenvalue weighted by molar-refractivity contribution is 6.02. The van der Waals surface area contributed by atoms with Gasteiger partial charge in [0.2, 0.25) is 23.6 Å². The normalized spacial score (nSPS) is 18.4. The van der Waals surface area contributed by atoms with Gasteiger partial charge in [-0.15, -0.1) is 0 Å². The molecule has 2 aromatic carbocycles. The van der Waals surface area contributed by atoms with Crippen molar-refractivity contribution in [3.05, 3.63) is 125 Å². The van der Waals surface area contributed by atoms with Crippen molar-refractivity contribution in [1.29, 1.82) is 0 Å². The van der Waals surface area contributed by atoms with Crippen molar-refractivity contribution in [3.8, 4) is 0 Å². The zero-order valence-electron chi connectivity index (χ0n) is 52.3. The molecule has 6 unspecified atom stereocenters. The van der Waals surface area contributed by atoms with Crippen LogP contribution in [-0.2, 0) is 25.6 Å². The summed E-state index contributed by atoms with van der Waals surface area (Å²) in [5.41, 5.74) is 0.822. The van der Waals surface area contributed by atoms with Crippen LogP contribution in [-0.4, -0.2) is 121 Å². The van der Waals surface area contributed by atoms with Gasteiger partial charge in [-0.2, -0.15) is 36.5 Å². The molecule has 18 nitrogen and oxygen atoms in total. The van der Waals surface area contributed by atoms with Crippen LogP contribution >= 0.6 is 0 Å². The first kappa shape index (κ1) is 69.1. The number of pyridine rings is 1. The van der Waals surface area contributed by atoms with Gasteiger partial charge in [-0.25, -0.2) is 8.78 Å². The number of carbonyl (C=O) groups is 6. The molecule has 4 saturated carbocycles. The molecule has 6 amide bonds. The summed E-state index contributed by atoms with van der Waals surface area (Å²) in [5, 5.41) is 24.2. The second-order valence-corrected chi connectivity index (χ2v) is 24.7. The second-order valence-electron chi connectivity index (χ2n) is 24.7. The van der Waals surface area contributed by atoms with Crippen LogP contribution < -0.4 is 31.9 Å². The Morgan fingerprint density at radius 1 is 0.582 bits per heavy atom. The number of carbonyl (C=O) groups excluding carboxylic acids is 6.